The summed E-state index contributed by atoms with van der Waals surface area (Å²) < 4.78 is 23.2. The summed E-state index contributed by atoms with van der Waals surface area (Å²) >= 11 is 0. The molecule has 0 heterocycles. The van der Waals surface area contributed by atoms with Crippen molar-refractivity contribution in [2.24, 2.45) is 10.7 Å². The maximum Gasteiger partial charge on any atom is 0.193 e. The van der Waals surface area contributed by atoms with E-state index in [0.717, 1.165) is 11.4 Å². The minimum Gasteiger partial charge on any atom is -0.497 e. The molecule has 2 aromatic rings. The lowest BCUT2D eigenvalue weighted by Crippen LogP contribution is -2.27. The van der Waals surface area contributed by atoms with Crippen LogP contribution in [0.1, 0.15) is 0 Å². The van der Waals surface area contributed by atoms with Crippen LogP contribution in [0, 0.1) is 5.82 Å². The molecular weight excluding hydrogens is 440 g/mol. The van der Waals surface area contributed by atoms with E-state index in [0.29, 0.717) is 5.75 Å². The Hall–Kier alpha value is -2.07. The SMILES string of the molecule is COc1ccc(NC(N)=NCC(O)COc2ccc(F)cc2)cc1.I. The molecule has 6 nitrogen and oxygen atoms in total. The number of aliphatic hydroxyl groups is 1. The quantitative estimate of drug-likeness (QED) is 0.335. The lowest BCUT2D eigenvalue weighted by molar-refractivity contribution is 0.114. The lowest BCUT2D eigenvalue weighted by Gasteiger charge is -2.11. The van der Waals surface area contributed by atoms with Crippen molar-refractivity contribution >= 4 is 35.6 Å². The Bertz CT molecular complexity index is 666. The largest absolute Gasteiger partial charge is 0.497 e. The summed E-state index contributed by atoms with van der Waals surface area (Å²) in [6.07, 6.45) is -0.828. The normalized spacial score (nSPS) is 12.0. The molecule has 0 saturated heterocycles. The molecule has 0 aliphatic heterocycles. The van der Waals surface area contributed by atoms with Gasteiger partial charge in [-0.15, -0.1) is 24.0 Å². The summed E-state index contributed by atoms with van der Waals surface area (Å²) in [4.78, 5) is 4.05. The summed E-state index contributed by atoms with van der Waals surface area (Å²) in [5, 5.41) is 12.7. The molecule has 136 valence electrons. The van der Waals surface area contributed by atoms with Gasteiger partial charge in [0.25, 0.3) is 0 Å². The highest BCUT2D eigenvalue weighted by Gasteiger charge is 2.05. The number of rotatable bonds is 7. The first kappa shape index (κ1) is 21.0. The zero-order valence-electron chi connectivity index (χ0n) is 13.7. The van der Waals surface area contributed by atoms with Crippen molar-refractivity contribution in [1.29, 1.82) is 0 Å². The Morgan fingerprint density at radius 2 is 1.76 bits per heavy atom. The summed E-state index contributed by atoms with van der Waals surface area (Å²) in [7, 11) is 1.59. The number of benzene rings is 2. The maximum atomic E-state index is 12.8. The number of hydrogen-bond acceptors (Lipinski definition) is 4. The summed E-state index contributed by atoms with van der Waals surface area (Å²) in [6.45, 7) is 0.112. The first-order valence-corrected chi connectivity index (χ1v) is 7.34. The van der Waals surface area contributed by atoms with Gasteiger partial charge >= 0.3 is 0 Å². The number of nitrogens with zero attached hydrogens (tertiary/aromatic N) is 1. The number of aliphatic imine (C=N–C) groups is 1. The van der Waals surface area contributed by atoms with Crippen molar-refractivity contribution in [3.05, 3.63) is 54.3 Å². The van der Waals surface area contributed by atoms with Gasteiger partial charge in [-0.05, 0) is 48.5 Å². The number of methoxy groups -OCH3 is 1. The van der Waals surface area contributed by atoms with E-state index < -0.39 is 6.10 Å². The molecule has 0 aliphatic carbocycles. The van der Waals surface area contributed by atoms with E-state index >= 15 is 0 Å². The van der Waals surface area contributed by atoms with Gasteiger partial charge in [0.2, 0.25) is 0 Å². The molecule has 0 bridgehead atoms. The zero-order chi connectivity index (χ0) is 17.4. The average molecular weight is 461 g/mol. The van der Waals surface area contributed by atoms with Gasteiger partial charge in [-0.1, -0.05) is 0 Å². The summed E-state index contributed by atoms with van der Waals surface area (Å²) in [5.74, 6) is 1.05. The number of halogens is 2. The molecule has 0 aliphatic rings. The van der Waals surface area contributed by atoms with Crippen molar-refractivity contribution in [3.63, 3.8) is 0 Å². The molecule has 2 rings (SSSR count). The fourth-order valence-electron chi connectivity index (χ4n) is 1.84. The first-order valence-electron chi connectivity index (χ1n) is 7.34. The second-order valence-corrected chi connectivity index (χ2v) is 5.00. The Morgan fingerprint density at radius 3 is 2.36 bits per heavy atom. The van der Waals surface area contributed by atoms with E-state index in [4.69, 9.17) is 15.2 Å². The number of aliphatic hydroxyl groups excluding tert-OH is 1. The molecule has 25 heavy (non-hydrogen) atoms. The van der Waals surface area contributed by atoms with E-state index in [1.807, 2.05) is 0 Å². The zero-order valence-corrected chi connectivity index (χ0v) is 16.0. The van der Waals surface area contributed by atoms with Crippen LogP contribution in [0.15, 0.2) is 53.5 Å². The van der Waals surface area contributed by atoms with Crippen LogP contribution in [0.25, 0.3) is 0 Å². The molecule has 1 atom stereocenters. The van der Waals surface area contributed by atoms with Crippen LogP contribution in [-0.2, 0) is 0 Å². The van der Waals surface area contributed by atoms with Crippen LogP contribution in [0.2, 0.25) is 0 Å². The van der Waals surface area contributed by atoms with Gasteiger partial charge in [0.15, 0.2) is 5.96 Å². The molecular formula is C17H21FIN3O3. The molecule has 0 spiro atoms. The molecule has 2 aromatic carbocycles. The van der Waals surface area contributed by atoms with Gasteiger partial charge in [0, 0.05) is 5.69 Å². The van der Waals surface area contributed by atoms with E-state index in [1.54, 1.807) is 31.4 Å². The molecule has 0 radical (unpaired) electrons. The van der Waals surface area contributed by atoms with Crippen molar-refractivity contribution in [2.45, 2.75) is 6.10 Å². The Morgan fingerprint density at radius 1 is 1.16 bits per heavy atom. The molecule has 0 aromatic heterocycles. The van der Waals surface area contributed by atoms with E-state index in [-0.39, 0.29) is 48.9 Å². The van der Waals surface area contributed by atoms with Crippen LogP contribution < -0.4 is 20.5 Å². The van der Waals surface area contributed by atoms with Crippen LogP contribution in [0.3, 0.4) is 0 Å². The minimum atomic E-state index is -0.828. The van der Waals surface area contributed by atoms with Gasteiger partial charge in [-0.3, -0.25) is 4.99 Å². The fourth-order valence-corrected chi connectivity index (χ4v) is 1.84. The number of nitrogens with one attached hydrogen (secondary N) is 1. The van der Waals surface area contributed by atoms with E-state index in [9.17, 15) is 9.50 Å². The van der Waals surface area contributed by atoms with Crippen LogP contribution in [0.5, 0.6) is 11.5 Å². The topological polar surface area (TPSA) is 89.1 Å². The highest BCUT2D eigenvalue weighted by Crippen LogP contribution is 2.14. The average Bonchev–Trinajstić information content (AvgIpc) is 2.60. The first-order chi connectivity index (χ1) is 11.6. The Kier molecular flexibility index (Phi) is 9.00. The highest BCUT2D eigenvalue weighted by molar-refractivity contribution is 14.0. The predicted molar refractivity (Wildman–Crippen MR) is 106 cm³/mol. The third kappa shape index (κ3) is 7.57. The number of anilines is 1. The third-order valence-electron chi connectivity index (χ3n) is 3.09. The minimum absolute atomic E-state index is 0. The maximum absolute atomic E-state index is 12.8. The van der Waals surface area contributed by atoms with Crippen molar-refractivity contribution in [3.8, 4) is 11.5 Å². The van der Waals surface area contributed by atoms with Crippen molar-refractivity contribution < 1.29 is 19.0 Å². The van der Waals surface area contributed by atoms with Crippen LogP contribution in [0.4, 0.5) is 10.1 Å². The standard InChI is InChI=1S/C17H20FN3O3.HI/c1-23-15-8-4-13(5-9-15)21-17(19)20-10-14(22)11-24-16-6-2-12(18)3-7-16;/h2-9,14,22H,10-11H2,1H3,(H3,19,20,21);1H. The number of nitrogens with two attached hydrogens (primary N) is 1. The highest BCUT2D eigenvalue weighted by atomic mass is 127. The van der Waals surface area contributed by atoms with Gasteiger partial charge < -0.3 is 25.6 Å². The predicted octanol–water partition coefficient (Wildman–Crippen LogP) is 2.62. The fraction of sp³-hybridized carbons (Fsp3) is 0.235. The molecule has 0 saturated carbocycles. The van der Waals surface area contributed by atoms with Gasteiger partial charge in [-0.2, -0.15) is 0 Å². The van der Waals surface area contributed by atoms with Crippen molar-refractivity contribution in [1.82, 2.24) is 0 Å². The molecule has 0 amide bonds. The Labute approximate surface area is 162 Å². The second kappa shape index (κ2) is 10.7. The second-order valence-electron chi connectivity index (χ2n) is 5.00. The van der Waals surface area contributed by atoms with Gasteiger partial charge in [0.1, 0.15) is 30.0 Å². The lowest BCUT2D eigenvalue weighted by atomic mass is 10.3. The molecule has 4 N–H and O–H groups in total. The number of ether oxygens (including phenoxy) is 2. The van der Waals surface area contributed by atoms with Crippen molar-refractivity contribution in [2.75, 3.05) is 25.6 Å². The number of hydrogen-bond donors (Lipinski definition) is 3. The van der Waals surface area contributed by atoms with E-state index in [1.165, 1.54) is 24.3 Å². The summed E-state index contributed by atoms with van der Waals surface area (Å²) in [6, 6.07) is 12.7. The number of guanidine groups is 1. The molecule has 8 heteroatoms. The van der Waals surface area contributed by atoms with Gasteiger partial charge in [0.05, 0.1) is 13.7 Å². The molecule has 1 unspecified atom stereocenters. The molecule has 0 fully saturated rings. The monoisotopic (exact) mass is 461 g/mol. The van der Waals surface area contributed by atoms with E-state index in [2.05, 4.69) is 10.3 Å². The Balaban J connectivity index is 0.00000312. The smallest absolute Gasteiger partial charge is 0.193 e. The van der Waals surface area contributed by atoms with Crippen LogP contribution in [-0.4, -0.2) is 37.4 Å². The summed E-state index contributed by atoms with van der Waals surface area (Å²) in [5.41, 5.74) is 6.52. The van der Waals surface area contributed by atoms with Crippen LogP contribution >= 0.6 is 24.0 Å². The third-order valence-corrected chi connectivity index (χ3v) is 3.09. The van der Waals surface area contributed by atoms with Gasteiger partial charge in [-0.25, -0.2) is 4.39 Å².